The minimum atomic E-state index is -0.223. The predicted octanol–water partition coefficient (Wildman–Crippen LogP) is 2.68. The van der Waals surface area contributed by atoms with Crippen LogP contribution in [0.25, 0.3) is 0 Å². The number of nitrogens with zero attached hydrogens (tertiary/aromatic N) is 3. The molecule has 2 aromatic rings. The van der Waals surface area contributed by atoms with Gasteiger partial charge in [0.25, 0.3) is 0 Å². The van der Waals surface area contributed by atoms with Crippen molar-refractivity contribution in [2.45, 2.75) is 25.4 Å². The lowest BCUT2D eigenvalue weighted by molar-refractivity contribution is -0.127. The molecule has 0 saturated carbocycles. The fraction of sp³-hybridized carbons (Fsp3) is 0.429. The molecule has 1 aromatic carbocycles. The molecule has 156 valence electrons. The van der Waals surface area contributed by atoms with E-state index in [9.17, 15) is 9.18 Å². The highest BCUT2D eigenvalue weighted by Gasteiger charge is 2.21. The average Bonchev–Trinajstić information content (AvgIpc) is 3.23. The van der Waals surface area contributed by atoms with Crippen LogP contribution in [0, 0.1) is 5.82 Å². The number of nitrogens with one attached hydrogen (secondary N) is 2. The number of piperidine rings is 1. The van der Waals surface area contributed by atoms with Crippen LogP contribution in [0.2, 0.25) is 0 Å². The molecule has 0 radical (unpaired) electrons. The number of hydrogen-bond acceptors (Lipinski definition) is 4. The Labute approximate surface area is 175 Å². The lowest BCUT2D eigenvalue weighted by Gasteiger charge is -2.35. The maximum absolute atomic E-state index is 13.6. The SMILES string of the molecule is CN(C)C(=O)CN=C(NCc1cccs1)NC1CCCN(c2cccc(F)c2)C1. The summed E-state index contributed by atoms with van der Waals surface area (Å²) in [5.41, 5.74) is 0.893. The third kappa shape index (κ3) is 6.45. The molecule has 1 unspecified atom stereocenters. The predicted molar refractivity (Wildman–Crippen MR) is 117 cm³/mol. The van der Waals surface area contributed by atoms with Crippen molar-refractivity contribution in [1.29, 1.82) is 0 Å². The third-order valence-corrected chi connectivity index (χ3v) is 5.69. The number of aliphatic imine (C=N–C) groups is 1. The molecule has 2 heterocycles. The fourth-order valence-electron chi connectivity index (χ4n) is 3.22. The molecule has 1 fully saturated rings. The highest BCUT2D eigenvalue weighted by molar-refractivity contribution is 7.09. The summed E-state index contributed by atoms with van der Waals surface area (Å²) in [6.07, 6.45) is 2.00. The molecule has 1 aliphatic rings. The molecular formula is C21H28FN5OS. The second-order valence-electron chi connectivity index (χ2n) is 7.30. The van der Waals surface area contributed by atoms with Crippen LogP contribution in [-0.2, 0) is 11.3 Å². The van der Waals surface area contributed by atoms with Crippen LogP contribution in [0.1, 0.15) is 17.7 Å². The number of carbonyl (C=O) groups excluding carboxylic acids is 1. The number of likely N-dealkylation sites (N-methyl/N-ethyl adjacent to an activating group) is 1. The number of guanidine groups is 1. The summed E-state index contributed by atoms with van der Waals surface area (Å²) in [5, 5.41) is 8.83. The summed E-state index contributed by atoms with van der Waals surface area (Å²) < 4.78 is 13.6. The molecule has 1 atom stereocenters. The Morgan fingerprint density at radius 1 is 1.34 bits per heavy atom. The van der Waals surface area contributed by atoms with E-state index in [1.807, 2.05) is 17.5 Å². The summed E-state index contributed by atoms with van der Waals surface area (Å²) in [6, 6.07) is 10.9. The first-order valence-electron chi connectivity index (χ1n) is 9.79. The minimum Gasteiger partial charge on any atom is -0.369 e. The maximum atomic E-state index is 13.6. The molecule has 0 bridgehead atoms. The molecule has 29 heavy (non-hydrogen) atoms. The highest BCUT2D eigenvalue weighted by atomic mass is 32.1. The van der Waals surface area contributed by atoms with Crippen molar-refractivity contribution in [3.05, 3.63) is 52.5 Å². The van der Waals surface area contributed by atoms with Crippen molar-refractivity contribution >= 4 is 28.9 Å². The first-order chi connectivity index (χ1) is 14.0. The molecule has 6 nitrogen and oxygen atoms in total. The minimum absolute atomic E-state index is 0.0488. The van der Waals surface area contributed by atoms with E-state index in [1.54, 1.807) is 37.6 Å². The number of benzene rings is 1. The van der Waals surface area contributed by atoms with Crippen molar-refractivity contribution in [1.82, 2.24) is 15.5 Å². The number of amides is 1. The van der Waals surface area contributed by atoms with Gasteiger partial charge in [0.1, 0.15) is 12.4 Å². The standard InChI is InChI=1S/C21H28FN5OS/c1-26(2)20(28)14-24-21(23-13-19-9-5-11-29-19)25-17-7-4-10-27(15-17)18-8-3-6-16(22)12-18/h3,5-6,8-9,11-12,17H,4,7,10,13-15H2,1-2H3,(H2,23,24,25). The van der Waals surface area contributed by atoms with Crippen molar-refractivity contribution in [3.8, 4) is 0 Å². The van der Waals surface area contributed by atoms with Crippen LogP contribution in [0.15, 0.2) is 46.8 Å². The van der Waals surface area contributed by atoms with Gasteiger partial charge in [-0.15, -0.1) is 11.3 Å². The van der Waals surface area contributed by atoms with Crippen LogP contribution in [0.5, 0.6) is 0 Å². The second-order valence-corrected chi connectivity index (χ2v) is 8.33. The van der Waals surface area contributed by atoms with E-state index in [-0.39, 0.29) is 24.3 Å². The molecule has 0 spiro atoms. The number of carbonyl (C=O) groups is 1. The second kappa shape index (κ2) is 10.2. The normalized spacial score (nSPS) is 17.1. The largest absolute Gasteiger partial charge is 0.369 e. The zero-order valence-electron chi connectivity index (χ0n) is 16.9. The summed E-state index contributed by atoms with van der Waals surface area (Å²) in [5.74, 6) is 0.353. The Morgan fingerprint density at radius 2 is 2.21 bits per heavy atom. The molecular weight excluding hydrogens is 389 g/mol. The Morgan fingerprint density at radius 3 is 2.93 bits per heavy atom. The quantitative estimate of drug-likeness (QED) is 0.561. The summed E-state index contributed by atoms with van der Waals surface area (Å²) in [4.78, 5) is 21.4. The van der Waals surface area contributed by atoms with Crippen molar-refractivity contribution in [2.24, 2.45) is 4.99 Å². The number of thiophene rings is 1. The van der Waals surface area contributed by atoms with Gasteiger partial charge in [-0.2, -0.15) is 0 Å². The molecule has 1 amide bonds. The van der Waals surface area contributed by atoms with Gasteiger partial charge in [-0.3, -0.25) is 4.79 Å². The molecule has 1 saturated heterocycles. The Bertz CT molecular complexity index is 824. The maximum Gasteiger partial charge on any atom is 0.243 e. The zero-order valence-corrected chi connectivity index (χ0v) is 17.7. The molecule has 2 N–H and O–H groups in total. The van der Waals surface area contributed by atoms with Gasteiger partial charge in [-0.25, -0.2) is 9.38 Å². The number of anilines is 1. The van der Waals surface area contributed by atoms with Gasteiger partial charge < -0.3 is 20.4 Å². The van der Waals surface area contributed by atoms with Crippen molar-refractivity contribution in [2.75, 3.05) is 38.6 Å². The first-order valence-corrected chi connectivity index (χ1v) is 10.7. The number of hydrogen-bond donors (Lipinski definition) is 2. The Balaban J connectivity index is 1.64. The Kier molecular flexibility index (Phi) is 7.46. The van der Waals surface area contributed by atoms with Crippen molar-refractivity contribution < 1.29 is 9.18 Å². The van der Waals surface area contributed by atoms with Crippen molar-refractivity contribution in [3.63, 3.8) is 0 Å². The van der Waals surface area contributed by atoms with Crippen LogP contribution < -0.4 is 15.5 Å². The molecule has 1 aliphatic heterocycles. The van der Waals surface area contributed by atoms with Gasteiger partial charge in [-0.05, 0) is 42.5 Å². The Hall–Kier alpha value is -2.61. The molecule has 0 aliphatic carbocycles. The molecule has 1 aromatic heterocycles. The lowest BCUT2D eigenvalue weighted by atomic mass is 10.0. The van der Waals surface area contributed by atoms with Crippen LogP contribution in [0.3, 0.4) is 0 Å². The number of rotatable bonds is 6. The van der Waals surface area contributed by atoms with Gasteiger partial charge in [0.2, 0.25) is 5.91 Å². The summed E-state index contributed by atoms with van der Waals surface area (Å²) >= 11 is 1.68. The van der Waals surface area contributed by atoms with Gasteiger partial charge in [0, 0.05) is 43.8 Å². The van der Waals surface area contributed by atoms with Gasteiger partial charge in [0.15, 0.2) is 5.96 Å². The number of halogens is 1. The van der Waals surface area contributed by atoms with Gasteiger partial charge in [-0.1, -0.05) is 12.1 Å². The topological polar surface area (TPSA) is 60.0 Å². The highest BCUT2D eigenvalue weighted by Crippen LogP contribution is 2.20. The van der Waals surface area contributed by atoms with E-state index < -0.39 is 0 Å². The fourth-order valence-corrected chi connectivity index (χ4v) is 3.86. The van der Waals surface area contributed by atoms with Gasteiger partial charge >= 0.3 is 0 Å². The van der Waals surface area contributed by atoms with Crippen LogP contribution >= 0.6 is 11.3 Å². The van der Waals surface area contributed by atoms with E-state index in [1.165, 1.54) is 15.8 Å². The van der Waals surface area contributed by atoms with E-state index in [0.29, 0.717) is 12.5 Å². The first kappa shape index (κ1) is 21.1. The van der Waals surface area contributed by atoms with Crippen LogP contribution in [-0.4, -0.2) is 56.5 Å². The van der Waals surface area contributed by atoms with E-state index in [2.05, 4.69) is 26.6 Å². The molecule has 8 heteroatoms. The summed E-state index contributed by atoms with van der Waals surface area (Å²) in [7, 11) is 3.45. The third-order valence-electron chi connectivity index (χ3n) is 4.82. The monoisotopic (exact) mass is 417 g/mol. The average molecular weight is 418 g/mol. The summed E-state index contributed by atoms with van der Waals surface area (Å²) in [6.45, 7) is 2.40. The molecule has 3 rings (SSSR count). The van der Waals surface area contributed by atoms with E-state index in [0.717, 1.165) is 31.6 Å². The lowest BCUT2D eigenvalue weighted by Crippen LogP contribution is -2.51. The van der Waals surface area contributed by atoms with Crippen LogP contribution in [0.4, 0.5) is 10.1 Å². The van der Waals surface area contributed by atoms with Gasteiger partial charge in [0.05, 0.1) is 6.54 Å². The van der Waals surface area contributed by atoms with E-state index >= 15 is 0 Å². The smallest absolute Gasteiger partial charge is 0.243 e. The van der Waals surface area contributed by atoms with E-state index in [4.69, 9.17) is 0 Å². The zero-order chi connectivity index (χ0) is 20.6.